The fraction of sp³-hybridized carbons (Fsp3) is 0.571. The lowest BCUT2D eigenvalue weighted by atomic mass is 9.91. The van der Waals surface area contributed by atoms with Gasteiger partial charge in [0, 0.05) is 25.6 Å². The van der Waals surface area contributed by atoms with E-state index in [4.69, 9.17) is 0 Å². The van der Waals surface area contributed by atoms with Crippen molar-refractivity contribution in [3.8, 4) is 0 Å². The van der Waals surface area contributed by atoms with E-state index in [0.29, 0.717) is 12.5 Å². The number of halogens is 1. The molecular formula is C14H22FN. The Bertz CT molecular complexity index is 288. The maximum atomic E-state index is 12.0. The molecule has 2 rings (SSSR count). The third kappa shape index (κ3) is 3.31. The number of hydrogen-bond acceptors (Lipinski definition) is 1. The molecular weight excluding hydrogens is 201 g/mol. The summed E-state index contributed by atoms with van der Waals surface area (Å²) in [6.45, 7) is 8.52. The van der Waals surface area contributed by atoms with Gasteiger partial charge in [0.2, 0.25) is 0 Å². The van der Waals surface area contributed by atoms with Crippen molar-refractivity contribution in [3.63, 3.8) is 0 Å². The minimum absolute atomic E-state index is 0.222. The summed E-state index contributed by atoms with van der Waals surface area (Å²) >= 11 is 0. The first-order valence-corrected chi connectivity index (χ1v) is 6.14. The normalized spacial score (nSPS) is 16.2. The monoisotopic (exact) mass is 223 g/mol. The molecule has 1 saturated heterocycles. The Morgan fingerprint density at radius 3 is 2.25 bits per heavy atom. The number of benzene rings is 1. The number of nitrogens with zero attached hydrogens (tertiary/aromatic N) is 1. The molecule has 0 amide bonds. The third-order valence-electron chi connectivity index (χ3n) is 2.91. The Morgan fingerprint density at radius 1 is 1.19 bits per heavy atom. The molecule has 0 aromatic heterocycles. The molecule has 2 heteroatoms. The van der Waals surface area contributed by atoms with Gasteiger partial charge in [0.15, 0.2) is 0 Å². The van der Waals surface area contributed by atoms with Crippen LogP contribution in [-0.4, -0.2) is 31.2 Å². The van der Waals surface area contributed by atoms with Crippen LogP contribution in [0.1, 0.15) is 30.9 Å². The second kappa shape index (κ2) is 6.64. The van der Waals surface area contributed by atoms with Crippen LogP contribution < -0.4 is 0 Å². The molecule has 1 nitrogen and oxygen atoms in total. The van der Waals surface area contributed by atoms with Crippen LogP contribution >= 0.6 is 0 Å². The second-order valence-corrected chi connectivity index (χ2v) is 4.06. The van der Waals surface area contributed by atoms with Gasteiger partial charge < -0.3 is 0 Å². The van der Waals surface area contributed by atoms with Gasteiger partial charge >= 0.3 is 0 Å². The average Bonchev–Trinajstić information content (AvgIpc) is 2.27. The maximum Gasteiger partial charge on any atom is 0.102 e. The van der Waals surface area contributed by atoms with E-state index in [9.17, 15) is 4.39 Å². The van der Waals surface area contributed by atoms with E-state index in [1.165, 1.54) is 11.1 Å². The highest BCUT2D eigenvalue weighted by Crippen LogP contribution is 2.26. The summed E-state index contributed by atoms with van der Waals surface area (Å²) in [6, 6.07) is 8.67. The molecule has 0 N–H and O–H groups in total. The van der Waals surface area contributed by atoms with Crippen molar-refractivity contribution >= 4 is 0 Å². The van der Waals surface area contributed by atoms with Gasteiger partial charge in [-0.25, -0.2) is 4.39 Å². The number of likely N-dealkylation sites (tertiary alicyclic amines) is 1. The molecule has 1 fully saturated rings. The van der Waals surface area contributed by atoms with Crippen LogP contribution in [0.25, 0.3) is 0 Å². The molecule has 0 unspecified atom stereocenters. The topological polar surface area (TPSA) is 3.24 Å². The Hall–Kier alpha value is -0.890. The highest BCUT2D eigenvalue weighted by atomic mass is 19.1. The third-order valence-corrected chi connectivity index (χ3v) is 2.91. The first kappa shape index (κ1) is 13.2. The van der Waals surface area contributed by atoms with Gasteiger partial charge in [-0.1, -0.05) is 43.7 Å². The largest absolute Gasteiger partial charge is 0.299 e. The molecule has 0 saturated carbocycles. The van der Waals surface area contributed by atoms with E-state index in [-0.39, 0.29) is 6.67 Å². The lowest BCUT2D eigenvalue weighted by Crippen LogP contribution is -2.45. The van der Waals surface area contributed by atoms with E-state index in [1.54, 1.807) is 0 Å². The van der Waals surface area contributed by atoms with Gasteiger partial charge in [-0.2, -0.15) is 0 Å². The van der Waals surface area contributed by atoms with E-state index in [1.807, 2.05) is 13.8 Å². The Labute approximate surface area is 98.3 Å². The van der Waals surface area contributed by atoms with Crippen LogP contribution in [0.3, 0.4) is 0 Å². The smallest absolute Gasteiger partial charge is 0.102 e. The first-order valence-electron chi connectivity index (χ1n) is 6.14. The summed E-state index contributed by atoms with van der Waals surface area (Å²) < 4.78 is 12.0. The highest BCUT2D eigenvalue weighted by Gasteiger charge is 2.26. The predicted octanol–water partition coefficient (Wildman–Crippen LogP) is 3.39. The molecule has 0 aliphatic carbocycles. The summed E-state index contributed by atoms with van der Waals surface area (Å²) in [4.78, 5) is 2.16. The molecule has 0 bridgehead atoms. The van der Waals surface area contributed by atoms with Crippen LogP contribution in [0, 0.1) is 6.92 Å². The highest BCUT2D eigenvalue weighted by molar-refractivity contribution is 5.26. The zero-order chi connectivity index (χ0) is 12.0. The number of alkyl halides is 1. The van der Waals surface area contributed by atoms with Crippen LogP contribution in [0.2, 0.25) is 0 Å². The average molecular weight is 223 g/mol. The van der Waals surface area contributed by atoms with Crippen molar-refractivity contribution in [2.24, 2.45) is 0 Å². The summed E-state index contributed by atoms with van der Waals surface area (Å²) in [6.07, 6.45) is 0. The number of hydrogen-bond donors (Lipinski definition) is 0. The fourth-order valence-electron chi connectivity index (χ4n) is 1.92. The molecule has 90 valence electrons. The van der Waals surface area contributed by atoms with E-state index in [0.717, 1.165) is 13.1 Å². The molecule has 1 heterocycles. The van der Waals surface area contributed by atoms with Crippen LogP contribution in [0.5, 0.6) is 0 Å². The number of rotatable bonds is 3. The van der Waals surface area contributed by atoms with Crippen LogP contribution in [0.4, 0.5) is 4.39 Å². The molecule has 1 aliphatic rings. The van der Waals surface area contributed by atoms with Crippen molar-refractivity contribution in [1.29, 1.82) is 0 Å². The minimum Gasteiger partial charge on any atom is -0.299 e. The quantitative estimate of drug-likeness (QED) is 0.759. The molecule has 1 aromatic rings. The molecule has 16 heavy (non-hydrogen) atoms. The van der Waals surface area contributed by atoms with E-state index >= 15 is 0 Å². The molecule has 1 aliphatic heterocycles. The molecule has 0 spiro atoms. The van der Waals surface area contributed by atoms with Gasteiger partial charge in [0.05, 0.1) is 0 Å². The van der Waals surface area contributed by atoms with Gasteiger partial charge in [-0.15, -0.1) is 0 Å². The summed E-state index contributed by atoms with van der Waals surface area (Å²) in [7, 11) is 0. The first-order chi connectivity index (χ1) is 7.79. The summed E-state index contributed by atoms with van der Waals surface area (Å²) in [5.74, 6) is 0.627. The van der Waals surface area contributed by atoms with Crippen LogP contribution in [0.15, 0.2) is 24.3 Å². The second-order valence-electron chi connectivity index (χ2n) is 4.06. The zero-order valence-electron chi connectivity index (χ0n) is 10.5. The van der Waals surface area contributed by atoms with Gasteiger partial charge in [-0.3, -0.25) is 4.90 Å². The summed E-state index contributed by atoms with van der Waals surface area (Å²) in [5.41, 5.74) is 2.69. The SMILES string of the molecule is CC.Cc1ccc(C2CN(CCF)C2)cc1. The van der Waals surface area contributed by atoms with Crippen molar-refractivity contribution in [1.82, 2.24) is 4.90 Å². The zero-order valence-corrected chi connectivity index (χ0v) is 10.5. The molecule has 0 radical (unpaired) electrons. The van der Waals surface area contributed by atoms with Crippen molar-refractivity contribution in [3.05, 3.63) is 35.4 Å². The van der Waals surface area contributed by atoms with Crippen molar-refractivity contribution < 1.29 is 4.39 Å². The van der Waals surface area contributed by atoms with Gasteiger partial charge in [-0.05, 0) is 12.5 Å². The Morgan fingerprint density at radius 2 is 1.75 bits per heavy atom. The van der Waals surface area contributed by atoms with E-state index in [2.05, 4.69) is 36.1 Å². The molecule has 0 atom stereocenters. The van der Waals surface area contributed by atoms with Crippen molar-refractivity contribution in [2.75, 3.05) is 26.3 Å². The Kier molecular flexibility index (Phi) is 5.47. The lowest BCUT2D eigenvalue weighted by molar-refractivity contribution is 0.137. The van der Waals surface area contributed by atoms with Crippen molar-refractivity contribution in [2.45, 2.75) is 26.7 Å². The minimum atomic E-state index is -0.222. The van der Waals surface area contributed by atoms with Gasteiger partial charge in [0.1, 0.15) is 6.67 Å². The van der Waals surface area contributed by atoms with Gasteiger partial charge in [0.25, 0.3) is 0 Å². The molecule has 1 aromatic carbocycles. The number of aryl methyl sites for hydroxylation is 1. The predicted molar refractivity (Wildman–Crippen MR) is 67.7 cm³/mol. The Balaban J connectivity index is 0.000000606. The van der Waals surface area contributed by atoms with E-state index < -0.39 is 0 Å². The lowest BCUT2D eigenvalue weighted by Gasteiger charge is -2.39. The fourth-order valence-corrected chi connectivity index (χ4v) is 1.92. The maximum absolute atomic E-state index is 12.0. The standard InChI is InChI=1S/C12H16FN.C2H6/c1-10-2-4-11(5-3-10)12-8-14(9-12)7-6-13;1-2/h2-5,12H,6-9H2,1H3;1-2H3. The van der Waals surface area contributed by atoms with Crippen LogP contribution in [-0.2, 0) is 0 Å². The summed E-state index contributed by atoms with van der Waals surface area (Å²) in [5, 5.41) is 0.